The van der Waals surface area contributed by atoms with Crippen LogP contribution in [0.2, 0.25) is 4.34 Å². The third kappa shape index (κ3) is 2.92. The van der Waals surface area contributed by atoms with Gasteiger partial charge in [0, 0.05) is 7.05 Å². The molecule has 2 aromatic heterocycles. The summed E-state index contributed by atoms with van der Waals surface area (Å²) in [6.45, 7) is 2.14. The Bertz CT molecular complexity index is 558. The van der Waals surface area contributed by atoms with Crippen LogP contribution in [-0.2, 0) is 6.42 Å². The fraction of sp³-hybridized carbons (Fsp3) is 0.364. The van der Waals surface area contributed by atoms with E-state index >= 15 is 0 Å². The van der Waals surface area contributed by atoms with Gasteiger partial charge < -0.3 is 5.32 Å². The first-order valence-electron chi connectivity index (χ1n) is 5.51. The summed E-state index contributed by atoms with van der Waals surface area (Å²) in [5, 5.41) is 3.85. The fourth-order valence-electron chi connectivity index (χ4n) is 1.52. The zero-order valence-corrected chi connectivity index (χ0v) is 13.7. The number of nitrogens with one attached hydrogen (secondary N) is 1. The highest BCUT2D eigenvalue weighted by molar-refractivity contribution is 14.1. The lowest BCUT2D eigenvalue weighted by Gasteiger charge is -2.09. The van der Waals surface area contributed by atoms with Gasteiger partial charge in [-0.15, -0.1) is 0 Å². The van der Waals surface area contributed by atoms with E-state index in [9.17, 15) is 0 Å². The largest absolute Gasteiger partial charge is 0.372 e. The Hall–Kier alpha value is -0.470. The van der Waals surface area contributed by atoms with E-state index < -0.39 is 0 Å². The van der Waals surface area contributed by atoms with Crippen molar-refractivity contribution >= 4 is 51.3 Å². The van der Waals surface area contributed by atoms with Crippen LogP contribution >= 0.6 is 45.5 Å². The number of anilines is 1. The second-order valence-electron chi connectivity index (χ2n) is 3.63. The second-order valence-corrected chi connectivity index (χ2v) is 6.37. The van der Waals surface area contributed by atoms with Gasteiger partial charge in [-0.2, -0.15) is 0 Å². The molecule has 2 rings (SSSR count). The van der Waals surface area contributed by atoms with Crippen LogP contribution in [0, 0.1) is 3.57 Å². The van der Waals surface area contributed by atoms with E-state index in [0.717, 1.165) is 32.9 Å². The van der Waals surface area contributed by atoms with E-state index in [4.69, 9.17) is 11.6 Å². The average Bonchev–Trinajstić information content (AvgIpc) is 2.79. The van der Waals surface area contributed by atoms with Crippen molar-refractivity contribution in [2.75, 3.05) is 12.4 Å². The van der Waals surface area contributed by atoms with Crippen LogP contribution in [0.25, 0.3) is 10.8 Å². The Kier molecular flexibility index (Phi) is 4.74. The molecule has 0 spiro atoms. The Morgan fingerprint density at radius 1 is 1.44 bits per heavy atom. The van der Waals surface area contributed by atoms with Crippen LogP contribution in [0.1, 0.15) is 19.0 Å². The maximum atomic E-state index is 5.90. The molecule has 0 saturated carbocycles. The van der Waals surface area contributed by atoms with Crippen molar-refractivity contribution in [1.29, 1.82) is 0 Å². The number of hydrogen-bond donors (Lipinski definition) is 1. The summed E-state index contributed by atoms with van der Waals surface area (Å²) < 4.78 is 1.72. The third-order valence-electron chi connectivity index (χ3n) is 2.31. The minimum Gasteiger partial charge on any atom is -0.372 e. The fourth-order valence-corrected chi connectivity index (χ4v) is 3.14. The van der Waals surface area contributed by atoms with E-state index in [-0.39, 0.29) is 0 Å². The molecule has 0 fully saturated rings. The van der Waals surface area contributed by atoms with Crippen LogP contribution in [0.3, 0.4) is 0 Å². The van der Waals surface area contributed by atoms with E-state index in [0.29, 0.717) is 10.2 Å². The maximum Gasteiger partial charge on any atom is 0.191 e. The van der Waals surface area contributed by atoms with Gasteiger partial charge in [-0.25, -0.2) is 15.0 Å². The molecule has 0 unspecified atom stereocenters. The van der Waals surface area contributed by atoms with Crippen LogP contribution in [0.5, 0.6) is 0 Å². The highest BCUT2D eigenvalue weighted by atomic mass is 127. The van der Waals surface area contributed by atoms with Gasteiger partial charge in [-0.1, -0.05) is 36.3 Å². The van der Waals surface area contributed by atoms with Gasteiger partial charge in [0.2, 0.25) is 0 Å². The van der Waals surface area contributed by atoms with Gasteiger partial charge in [0.1, 0.15) is 10.2 Å². The molecule has 0 radical (unpaired) electrons. The van der Waals surface area contributed by atoms with Gasteiger partial charge in [0.05, 0.1) is 15.5 Å². The third-order valence-corrected chi connectivity index (χ3v) is 4.56. The summed E-state index contributed by atoms with van der Waals surface area (Å²) >= 11 is 9.57. The summed E-state index contributed by atoms with van der Waals surface area (Å²) in [4.78, 5) is 13.3. The molecule has 1 N–H and O–H groups in total. The number of nitrogens with zero attached hydrogens (tertiary/aromatic N) is 3. The van der Waals surface area contributed by atoms with Gasteiger partial charge >= 0.3 is 0 Å². The minimum atomic E-state index is 0.639. The molecule has 0 saturated heterocycles. The summed E-state index contributed by atoms with van der Waals surface area (Å²) in [7, 11) is 1.86. The molecule has 96 valence electrons. The van der Waals surface area contributed by atoms with Crippen molar-refractivity contribution in [3.63, 3.8) is 0 Å². The predicted octanol–water partition coefficient (Wildman–Crippen LogP) is 3.85. The lowest BCUT2D eigenvalue weighted by Crippen LogP contribution is -2.05. The molecule has 0 aliphatic carbocycles. The molecule has 4 nitrogen and oxygen atoms in total. The van der Waals surface area contributed by atoms with Crippen molar-refractivity contribution in [2.45, 2.75) is 19.8 Å². The van der Waals surface area contributed by atoms with Crippen molar-refractivity contribution in [3.05, 3.63) is 19.8 Å². The van der Waals surface area contributed by atoms with Crippen molar-refractivity contribution in [3.8, 4) is 10.8 Å². The number of rotatable bonds is 4. The van der Waals surface area contributed by atoms with Crippen LogP contribution < -0.4 is 5.32 Å². The Morgan fingerprint density at radius 2 is 2.22 bits per heavy atom. The summed E-state index contributed by atoms with van der Waals surface area (Å²) in [6.07, 6.45) is 3.61. The standard InChI is InChI=1S/C11H12ClIN4S/c1-3-4-6-8(13)9(14-2)17-10(16-6)11-15-5-7(12)18-11/h5H,3-4H2,1-2H3,(H,14,16,17). The quantitative estimate of drug-likeness (QED) is 0.800. The van der Waals surface area contributed by atoms with Crippen molar-refractivity contribution < 1.29 is 0 Å². The normalized spacial score (nSPS) is 10.7. The summed E-state index contributed by atoms with van der Waals surface area (Å²) in [5.74, 6) is 1.48. The monoisotopic (exact) mass is 394 g/mol. The van der Waals surface area contributed by atoms with E-state index in [1.54, 1.807) is 6.20 Å². The van der Waals surface area contributed by atoms with E-state index in [1.807, 2.05) is 7.05 Å². The topological polar surface area (TPSA) is 50.7 Å². The molecule has 0 bridgehead atoms. The van der Waals surface area contributed by atoms with Crippen molar-refractivity contribution in [1.82, 2.24) is 15.0 Å². The number of hydrogen-bond acceptors (Lipinski definition) is 5. The number of aromatic nitrogens is 3. The molecule has 0 aliphatic heterocycles. The second kappa shape index (κ2) is 6.12. The molecule has 18 heavy (non-hydrogen) atoms. The minimum absolute atomic E-state index is 0.639. The van der Waals surface area contributed by atoms with E-state index in [2.05, 4.69) is 49.8 Å². The molecule has 0 atom stereocenters. The van der Waals surface area contributed by atoms with E-state index in [1.165, 1.54) is 11.3 Å². The molecule has 2 aromatic rings. The molecule has 0 aromatic carbocycles. The molecule has 2 heterocycles. The van der Waals surface area contributed by atoms with Gasteiger partial charge in [-0.05, 0) is 29.0 Å². The summed E-state index contributed by atoms with van der Waals surface area (Å²) in [6, 6.07) is 0. The summed E-state index contributed by atoms with van der Waals surface area (Å²) in [5.41, 5.74) is 1.05. The highest BCUT2D eigenvalue weighted by Gasteiger charge is 2.14. The maximum absolute atomic E-state index is 5.90. The zero-order valence-electron chi connectivity index (χ0n) is 10.00. The lowest BCUT2D eigenvalue weighted by molar-refractivity contribution is 0.867. The van der Waals surface area contributed by atoms with Crippen LogP contribution in [0.4, 0.5) is 5.82 Å². The molecular formula is C11H12ClIN4S. The van der Waals surface area contributed by atoms with Crippen molar-refractivity contribution in [2.24, 2.45) is 0 Å². The highest BCUT2D eigenvalue weighted by Crippen LogP contribution is 2.29. The number of thiazole rings is 1. The van der Waals surface area contributed by atoms with Crippen LogP contribution in [0.15, 0.2) is 6.20 Å². The predicted molar refractivity (Wildman–Crippen MR) is 84.4 cm³/mol. The Labute approximate surface area is 128 Å². The first kappa shape index (κ1) is 14.0. The zero-order chi connectivity index (χ0) is 13.1. The Morgan fingerprint density at radius 3 is 2.78 bits per heavy atom. The number of aryl methyl sites for hydroxylation is 1. The van der Waals surface area contributed by atoms with Gasteiger partial charge in [-0.3, -0.25) is 0 Å². The number of halogens is 2. The molecular weight excluding hydrogens is 383 g/mol. The smallest absolute Gasteiger partial charge is 0.191 e. The average molecular weight is 395 g/mol. The lowest BCUT2D eigenvalue weighted by atomic mass is 10.2. The first-order chi connectivity index (χ1) is 8.65. The molecule has 0 amide bonds. The molecule has 0 aliphatic rings. The molecule has 7 heteroatoms. The SMILES string of the molecule is CCCc1nc(-c2ncc(Cl)s2)nc(NC)c1I. The van der Waals surface area contributed by atoms with Gasteiger partial charge in [0.25, 0.3) is 0 Å². The van der Waals surface area contributed by atoms with Crippen LogP contribution in [-0.4, -0.2) is 22.0 Å². The van der Waals surface area contributed by atoms with Gasteiger partial charge in [0.15, 0.2) is 10.8 Å². The Balaban J connectivity index is 2.51. The first-order valence-corrected chi connectivity index (χ1v) is 7.78.